The monoisotopic (exact) mass is 307 g/mol. The Morgan fingerprint density at radius 1 is 1.50 bits per heavy atom. The van der Waals surface area contributed by atoms with Crippen molar-refractivity contribution in [3.63, 3.8) is 0 Å². The van der Waals surface area contributed by atoms with Crippen LogP contribution in [-0.4, -0.2) is 31.1 Å². The Kier molecular flexibility index (Phi) is 4.26. The summed E-state index contributed by atoms with van der Waals surface area (Å²) in [6.07, 6.45) is 1.16. The van der Waals surface area contributed by atoms with Gasteiger partial charge in [-0.3, -0.25) is 0 Å². The molecular formula is C14H18BrN3. The van der Waals surface area contributed by atoms with Gasteiger partial charge in [-0.05, 0) is 60.1 Å². The molecule has 4 heteroatoms. The van der Waals surface area contributed by atoms with E-state index in [0.717, 1.165) is 29.7 Å². The summed E-state index contributed by atoms with van der Waals surface area (Å²) in [6.45, 7) is 4.56. The van der Waals surface area contributed by atoms with Crippen LogP contribution in [0.2, 0.25) is 0 Å². The summed E-state index contributed by atoms with van der Waals surface area (Å²) in [6, 6.07) is 8.50. The van der Waals surface area contributed by atoms with Gasteiger partial charge < -0.3 is 10.2 Å². The topological polar surface area (TPSA) is 39.1 Å². The number of nitrogens with zero attached hydrogens (tertiary/aromatic N) is 2. The first kappa shape index (κ1) is 13.4. The number of piperidine rings is 1. The molecule has 0 radical (unpaired) electrons. The summed E-state index contributed by atoms with van der Waals surface area (Å²) in [5, 5.41) is 12.5. The van der Waals surface area contributed by atoms with Crippen LogP contribution in [0.5, 0.6) is 0 Å². The number of anilines is 1. The molecule has 1 aromatic carbocycles. The predicted molar refractivity (Wildman–Crippen MR) is 77.5 cm³/mol. The van der Waals surface area contributed by atoms with Gasteiger partial charge >= 0.3 is 0 Å². The average Bonchev–Trinajstić information content (AvgIpc) is 2.33. The molecule has 2 unspecified atom stereocenters. The van der Waals surface area contributed by atoms with Crippen molar-refractivity contribution in [3.05, 3.63) is 28.2 Å². The van der Waals surface area contributed by atoms with E-state index in [0.29, 0.717) is 17.5 Å². The molecular weight excluding hydrogens is 290 g/mol. The summed E-state index contributed by atoms with van der Waals surface area (Å²) in [5.74, 6) is 0.637. The molecule has 2 rings (SSSR count). The minimum absolute atomic E-state index is 0.515. The van der Waals surface area contributed by atoms with Crippen LogP contribution in [0.15, 0.2) is 22.7 Å². The van der Waals surface area contributed by atoms with Crippen molar-refractivity contribution in [3.8, 4) is 6.07 Å². The van der Waals surface area contributed by atoms with Crippen molar-refractivity contribution in [2.45, 2.75) is 19.4 Å². The summed E-state index contributed by atoms with van der Waals surface area (Å²) in [7, 11) is 2.17. The number of benzene rings is 1. The van der Waals surface area contributed by atoms with E-state index in [1.165, 1.54) is 0 Å². The molecule has 3 nitrogen and oxygen atoms in total. The van der Waals surface area contributed by atoms with Gasteiger partial charge in [-0.1, -0.05) is 6.92 Å². The van der Waals surface area contributed by atoms with Gasteiger partial charge in [0, 0.05) is 22.7 Å². The second-order valence-corrected chi connectivity index (χ2v) is 5.94. The molecule has 18 heavy (non-hydrogen) atoms. The van der Waals surface area contributed by atoms with Gasteiger partial charge in [-0.25, -0.2) is 0 Å². The van der Waals surface area contributed by atoms with Gasteiger partial charge in [-0.15, -0.1) is 0 Å². The van der Waals surface area contributed by atoms with Crippen LogP contribution in [0.1, 0.15) is 18.9 Å². The van der Waals surface area contributed by atoms with E-state index in [-0.39, 0.29) is 0 Å². The smallest absolute Gasteiger partial charge is 0.100 e. The highest BCUT2D eigenvalue weighted by atomic mass is 79.9. The van der Waals surface area contributed by atoms with E-state index in [9.17, 15) is 0 Å². The molecule has 1 fully saturated rings. The summed E-state index contributed by atoms with van der Waals surface area (Å²) >= 11 is 3.43. The lowest BCUT2D eigenvalue weighted by molar-refractivity contribution is 0.206. The Balaban J connectivity index is 2.06. The van der Waals surface area contributed by atoms with E-state index in [4.69, 9.17) is 5.26 Å². The number of halogens is 1. The van der Waals surface area contributed by atoms with E-state index < -0.39 is 0 Å². The van der Waals surface area contributed by atoms with Crippen LogP contribution >= 0.6 is 15.9 Å². The number of nitrogens with one attached hydrogen (secondary N) is 1. The lowest BCUT2D eigenvalue weighted by Gasteiger charge is -2.35. The number of likely N-dealkylation sites (tertiary alicyclic amines) is 1. The fourth-order valence-corrected chi connectivity index (χ4v) is 2.95. The number of hydrogen-bond donors (Lipinski definition) is 1. The number of hydrogen-bond acceptors (Lipinski definition) is 3. The molecule has 0 saturated carbocycles. The summed E-state index contributed by atoms with van der Waals surface area (Å²) in [4.78, 5) is 2.37. The van der Waals surface area contributed by atoms with Crippen LogP contribution in [-0.2, 0) is 0 Å². The van der Waals surface area contributed by atoms with Gasteiger partial charge in [-0.2, -0.15) is 5.26 Å². The zero-order valence-corrected chi connectivity index (χ0v) is 12.4. The SMILES string of the molecule is CC1CN(C)CCC1Nc1ccc(C#N)c(Br)c1. The maximum Gasteiger partial charge on any atom is 0.100 e. The number of rotatable bonds is 2. The van der Waals surface area contributed by atoms with E-state index in [1.807, 2.05) is 18.2 Å². The first-order valence-electron chi connectivity index (χ1n) is 6.25. The third-order valence-electron chi connectivity index (χ3n) is 3.55. The van der Waals surface area contributed by atoms with Crippen LogP contribution in [0, 0.1) is 17.2 Å². The molecule has 1 heterocycles. The Morgan fingerprint density at radius 2 is 2.28 bits per heavy atom. The first-order chi connectivity index (χ1) is 8.60. The van der Waals surface area contributed by atoms with Crippen LogP contribution < -0.4 is 5.32 Å². The molecule has 1 aliphatic rings. The molecule has 1 saturated heterocycles. The normalized spacial score (nSPS) is 24.6. The van der Waals surface area contributed by atoms with E-state index in [1.54, 1.807) is 0 Å². The van der Waals surface area contributed by atoms with Gasteiger partial charge in [0.2, 0.25) is 0 Å². The lowest BCUT2D eigenvalue weighted by Crippen LogP contribution is -2.43. The van der Waals surface area contributed by atoms with E-state index in [2.05, 4.69) is 46.2 Å². The molecule has 0 spiro atoms. The fourth-order valence-electron chi connectivity index (χ4n) is 2.48. The first-order valence-corrected chi connectivity index (χ1v) is 7.04. The molecule has 0 aliphatic carbocycles. The predicted octanol–water partition coefficient (Wildman–Crippen LogP) is 3.07. The largest absolute Gasteiger partial charge is 0.382 e. The Hall–Kier alpha value is -1.05. The molecule has 0 bridgehead atoms. The second-order valence-electron chi connectivity index (χ2n) is 5.09. The standard InChI is InChI=1S/C14H18BrN3/c1-10-9-18(2)6-5-14(10)17-12-4-3-11(8-16)13(15)7-12/h3-4,7,10,14,17H,5-6,9H2,1-2H3. The highest BCUT2D eigenvalue weighted by Crippen LogP contribution is 2.24. The van der Waals surface area contributed by atoms with Crippen molar-refractivity contribution in [1.82, 2.24) is 4.90 Å². The molecule has 1 aromatic rings. The Labute approximate surface area is 117 Å². The Morgan fingerprint density at radius 3 is 2.89 bits per heavy atom. The van der Waals surface area contributed by atoms with Crippen molar-refractivity contribution in [2.24, 2.45) is 5.92 Å². The van der Waals surface area contributed by atoms with Crippen molar-refractivity contribution in [1.29, 1.82) is 5.26 Å². The van der Waals surface area contributed by atoms with Gasteiger partial charge in [0.15, 0.2) is 0 Å². The zero-order chi connectivity index (χ0) is 13.1. The van der Waals surface area contributed by atoms with Gasteiger partial charge in [0.25, 0.3) is 0 Å². The zero-order valence-electron chi connectivity index (χ0n) is 10.8. The molecule has 0 aromatic heterocycles. The summed E-state index contributed by atoms with van der Waals surface area (Å²) < 4.78 is 0.857. The fraction of sp³-hybridized carbons (Fsp3) is 0.500. The third kappa shape index (κ3) is 3.04. The lowest BCUT2D eigenvalue weighted by atomic mass is 9.94. The minimum atomic E-state index is 0.515. The highest BCUT2D eigenvalue weighted by Gasteiger charge is 2.23. The molecule has 96 valence electrons. The minimum Gasteiger partial charge on any atom is -0.382 e. The van der Waals surface area contributed by atoms with Crippen LogP contribution in [0.3, 0.4) is 0 Å². The summed E-state index contributed by atoms with van der Waals surface area (Å²) in [5.41, 5.74) is 1.76. The number of nitriles is 1. The maximum absolute atomic E-state index is 8.90. The molecule has 1 N–H and O–H groups in total. The van der Waals surface area contributed by atoms with Crippen molar-refractivity contribution in [2.75, 3.05) is 25.5 Å². The van der Waals surface area contributed by atoms with E-state index >= 15 is 0 Å². The van der Waals surface area contributed by atoms with Crippen molar-refractivity contribution < 1.29 is 0 Å². The molecule has 2 atom stereocenters. The Bertz CT molecular complexity index is 467. The molecule has 1 aliphatic heterocycles. The van der Waals surface area contributed by atoms with Gasteiger partial charge in [0.1, 0.15) is 6.07 Å². The van der Waals surface area contributed by atoms with Gasteiger partial charge in [0.05, 0.1) is 5.56 Å². The average molecular weight is 308 g/mol. The maximum atomic E-state index is 8.90. The van der Waals surface area contributed by atoms with Crippen LogP contribution in [0.4, 0.5) is 5.69 Å². The quantitative estimate of drug-likeness (QED) is 0.912. The van der Waals surface area contributed by atoms with Crippen molar-refractivity contribution >= 4 is 21.6 Å². The third-order valence-corrected chi connectivity index (χ3v) is 4.21. The second kappa shape index (κ2) is 5.73. The molecule has 0 amide bonds. The highest BCUT2D eigenvalue weighted by molar-refractivity contribution is 9.10. The van der Waals surface area contributed by atoms with Crippen LogP contribution in [0.25, 0.3) is 0 Å².